The SMILES string of the molecule is Cc1cc(Cl)c(-c2cc(C#N)c(O)cn2)cc1F. The van der Waals surface area contributed by atoms with Gasteiger partial charge in [-0.25, -0.2) is 4.39 Å². The summed E-state index contributed by atoms with van der Waals surface area (Å²) in [4.78, 5) is 3.94. The average Bonchev–Trinajstić information content (AvgIpc) is 2.35. The quantitative estimate of drug-likeness (QED) is 0.857. The monoisotopic (exact) mass is 262 g/mol. The summed E-state index contributed by atoms with van der Waals surface area (Å²) < 4.78 is 13.5. The molecular weight excluding hydrogens is 255 g/mol. The number of hydrogen-bond donors (Lipinski definition) is 1. The molecule has 1 aromatic carbocycles. The maximum Gasteiger partial charge on any atom is 0.151 e. The van der Waals surface area contributed by atoms with Gasteiger partial charge in [0.2, 0.25) is 0 Å². The molecule has 90 valence electrons. The summed E-state index contributed by atoms with van der Waals surface area (Å²) in [6.07, 6.45) is 1.14. The van der Waals surface area contributed by atoms with Gasteiger partial charge in [-0.15, -0.1) is 0 Å². The van der Waals surface area contributed by atoms with E-state index in [1.54, 1.807) is 6.92 Å². The van der Waals surface area contributed by atoms with Crippen LogP contribution < -0.4 is 0 Å². The largest absolute Gasteiger partial charge is 0.505 e. The molecule has 0 unspecified atom stereocenters. The van der Waals surface area contributed by atoms with Crippen LogP contribution in [0.1, 0.15) is 11.1 Å². The van der Waals surface area contributed by atoms with E-state index in [9.17, 15) is 9.50 Å². The first-order chi connectivity index (χ1) is 8.52. The van der Waals surface area contributed by atoms with Crippen molar-refractivity contribution in [3.05, 3.63) is 46.4 Å². The molecule has 0 atom stereocenters. The molecule has 0 amide bonds. The highest BCUT2D eigenvalue weighted by Gasteiger charge is 2.11. The Labute approximate surface area is 108 Å². The minimum atomic E-state index is -0.400. The van der Waals surface area contributed by atoms with Crippen LogP contribution >= 0.6 is 11.6 Å². The third kappa shape index (κ3) is 2.13. The highest BCUT2D eigenvalue weighted by atomic mass is 35.5. The van der Waals surface area contributed by atoms with Crippen LogP contribution in [-0.4, -0.2) is 10.1 Å². The number of nitriles is 1. The van der Waals surface area contributed by atoms with Crippen LogP contribution in [0.4, 0.5) is 4.39 Å². The second kappa shape index (κ2) is 4.63. The van der Waals surface area contributed by atoms with Crippen LogP contribution in [0.5, 0.6) is 5.75 Å². The first-order valence-electron chi connectivity index (χ1n) is 5.08. The summed E-state index contributed by atoms with van der Waals surface area (Å²) in [5.74, 6) is -0.618. The lowest BCUT2D eigenvalue weighted by molar-refractivity contribution is 0.471. The van der Waals surface area contributed by atoms with E-state index in [1.165, 1.54) is 18.2 Å². The Morgan fingerprint density at radius 3 is 2.78 bits per heavy atom. The second-order valence-electron chi connectivity index (χ2n) is 3.78. The molecule has 0 bridgehead atoms. The number of pyridine rings is 1. The molecule has 0 saturated carbocycles. The molecule has 0 spiro atoms. The number of hydrogen-bond acceptors (Lipinski definition) is 3. The fourth-order valence-corrected chi connectivity index (χ4v) is 1.84. The van der Waals surface area contributed by atoms with Crippen LogP contribution in [0.15, 0.2) is 24.4 Å². The number of aryl methyl sites for hydroxylation is 1. The Morgan fingerprint density at radius 1 is 1.39 bits per heavy atom. The second-order valence-corrected chi connectivity index (χ2v) is 4.19. The van der Waals surface area contributed by atoms with Gasteiger partial charge >= 0.3 is 0 Å². The van der Waals surface area contributed by atoms with Crippen molar-refractivity contribution in [3.63, 3.8) is 0 Å². The fourth-order valence-electron chi connectivity index (χ4n) is 1.53. The molecule has 0 radical (unpaired) electrons. The van der Waals surface area contributed by atoms with Crippen molar-refractivity contribution in [2.45, 2.75) is 6.92 Å². The van der Waals surface area contributed by atoms with Gasteiger partial charge in [-0.1, -0.05) is 11.6 Å². The van der Waals surface area contributed by atoms with E-state index in [1.807, 2.05) is 6.07 Å². The number of rotatable bonds is 1. The van der Waals surface area contributed by atoms with Gasteiger partial charge in [0, 0.05) is 5.56 Å². The predicted octanol–water partition coefficient (Wildman–Crippen LogP) is 3.43. The highest BCUT2D eigenvalue weighted by molar-refractivity contribution is 6.33. The maximum absolute atomic E-state index is 13.5. The van der Waals surface area contributed by atoms with Gasteiger partial charge in [-0.2, -0.15) is 5.26 Å². The smallest absolute Gasteiger partial charge is 0.151 e. The minimum Gasteiger partial charge on any atom is -0.505 e. The summed E-state index contributed by atoms with van der Waals surface area (Å²) in [6.45, 7) is 1.61. The van der Waals surface area contributed by atoms with Crippen molar-refractivity contribution in [1.82, 2.24) is 4.98 Å². The zero-order valence-corrected chi connectivity index (χ0v) is 10.2. The fraction of sp³-hybridized carbons (Fsp3) is 0.0769. The lowest BCUT2D eigenvalue weighted by Gasteiger charge is -2.07. The molecule has 2 aromatic rings. The number of benzene rings is 1. The zero-order chi connectivity index (χ0) is 13.3. The van der Waals surface area contributed by atoms with Crippen LogP contribution in [0.2, 0.25) is 5.02 Å². The third-order valence-corrected chi connectivity index (χ3v) is 2.84. The van der Waals surface area contributed by atoms with Crippen molar-refractivity contribution in [3.8, 4) is 23.1 Å². The van der Waals surface area contributed by atoms with Gasteiger partial charge in [0.1, 0.15) is 11.9 Å². The number of aromatic hydroxyl groups is 1. The van der Waals surface area contributed by atoms with Gasteiger partial charge < -0.3 is 5.11 Å². The Bertz CT molecular complexity index is 665. The zero-order valence-electron chi connectivity index (χ0n) is 9.41. The maximum atomic E-state index is 13.5. The summed E-state index contributed by atoms with van der Waals surface area (Å²) in [5.41, 5.74) is 1.23. The van der Waals surface area contributed by atoms with Crippen molar-refractivity contribution in [2.75, 3.05) is 0 Å². The molecule has 0 aliphatic heterocycles. The van der Waals surface area contributed by atoms with E-state index < -0.39 is 5.82 Å². The molecule has 0 aliphatic rings. The topological polar surface area (TPSA) is 56.9 Å². The Morgan fingerprint density at radius 2 is 2.11 bits per heavy atom. The van der Waals surface area contributed by atoms with Crippen LogP contribution in [0.3, 0.4) is 0 Å². The van der Waals surface area contributed by atoms with Crippen LogP contribution in [-0.2, 0) is 0 Å². The van der Waals surface area contributed by atoms with E-state index in [4.69, 9.17) is 16.9 Å². The Kier molecular flexibility index (Phi) is 3.17. The van der Waals surface area contributed by atoms with E-state index in [0.29, 0.717) is 21.8 Å². The highest BCUT2D eigenvalue weighted by Crippen LogP contribution is 2.30. The third-order valence-electron chi connectivity index (χ3n) is 2.53. The van der Waals surface area contributed by atoms with Gasteiger partial charge in [0.15, 0.2) is 5.75 Å². The Balaban J connectivity index is 2.63. The number of halogens is 2. The van der Waals surface area contributed by atoms with E-state index in [2.05, 4.69) is 4.98 Å². The number of nitrogens with zero attached hydrogens (tertiary/aromatic N) is 2. The van der Waals surface area contributed by atoms with Gasteiger partial charge in [0.05, 0.1) is 22.5 Å². The molecule has 1 N–H and O–H groups in total. The van der Waals surface area contributed by atoms with Gasteiger partial charge in [-0.3, -0.25) is 4.98 Å². The molecule has 18 heavy (non-hydrogen) atoms. The lowest BCUT2D eigenvalue weighted by Crippen LogP contribution is -1.90. The molecule has 0 saturated heterocycles. The summed E-state index contributed by atoms with van der Waals surface area (Å²) in [6, 6.07) is 5.95. The molecule has 0 aliphatic carbocycles. The molecular formula is C13H8ClFN2O. The van der Waals surface area contributed by atoms with Crippen molar-refractivity contribution < 1.29 is 9.50 Å². The van der Waals surface area contributed by atoms with Crippen LogP contribution in [0, 0.1) is 24.1 Å². The molecule has 0 fully saturated rings. The van der Waals surface area contributed by atoms with Gasteiger partial charge in [-0.05, 0) is 30.7 Å². The number of aromatic nitrogens is 1. The van der Waals surface area contributed by atoms with Gasteiger partial charge in [0.25, 0.3) is 0 Å². The van der Waals surface area contributed by atoms with E-state index >= 15 is 0 Å². The summed E-state index contributed by atoms with van der Waals surface area (Å²) in [5, 5.41) is 18.5. The van der Waals surface area contributed by atoms with Crippen molar-refractivity contribution in [1.29, 1.82) is 5.26 Å². The Hall–Kier alpha value is -2.12. The van der Waals surface area contributed by atoms with Crippen molar-refractivity contribution >= 4 is 11.6 Å². The standard InChI is InChI=1S/C13H8ClFN2O/c1-7-2-10(14)9(4-11(7)15)12-3-8(5-16)13(18)6-17-12/h2-4,6,18H,1H3. The lowest BCUT2D eigenvalue weighted by atomic mass is 10.1. The first-order valence-corrected chi connectivity index (χ1v) is 5.46. The van der Waals surface area contributed by atoms with Crippen molar-refractivity contribution in [2.24, 2.45) is 0 Å². The predicted molar refractivity (Wildman–Crippen MR) is 65.8 cm³/mol. The molecule has 5 heteroatoms. The minimum absolute atomic E-state index is 0.0667. The normalized spacial score (nSPS) is 10.1. The van der Waals surface area contributed by atoms with E-state index in [-0.39, 0.29) is 11.3 Å². The average molecular weight is 263 g/mol. The van der Waals surface area contributed by atoms with E-state index in [0.717, 1.165) is 6.20 Å². The first kappa shape index (κ1) is 12.3. The molecule has 1 aromatic heterocycles. The molecule has 3 nitrogen and oxygen atoms in total. The molecule has 2 rings (SSSR count). The summed E-state index contributed by atoms with van der Waals surface area (Å²) >= 11 is 6.02. The molecule has 1 heterocycles. The van der Waals surface area contributed by atoms with Crippen LogP contribution in [0.25, 0.3) is 11.3 Å². The summed E-state index contributed by atoms with van der Waals surface area (Å²) in [7, 11) is 0.